The van der Waals surface area contributed by atoms with Crippen LogP contribution >= 0.6 is 0 Å². The average Bonchev–Trinajstić information content (AvgIpc) is 2.33. The van der Waals surface area contributed by atoms with E-state index in [4.69, 9.17) is 9.47 Å². The zero-order valence-corrected chi connectivity index (χ0v) is 8.89. The maximum atomic E-state index is 10.0. The van der Waals surface area contributed by atoms with Crippen LogP contribution in [-0.2, 0) is 9.53 Å². The van der Waals surface area contributed by atoms with Gasteiger partial charge in [0, 0.05) is 6.61 Å². The zero-order chi connectivity index (χ0) is 11.2. The Kier molecular flexibility index (Phi) is 3.70. The van der Waals surface area contributed by atoms with Crippen LogP contribution in [0.5, 0.6) is 5.75 Å². The fourth-order valence-electron chi connectivity index (χ4n) is 1.65. The highest BCUT2D eigenvalue weighted by Crippen LogP contribution is 2.20. The second kappa shape index (κ2) is 5.45. The van der Waals surface area contributed by atoms with Gasteiger partial charge in [-0.15, -0.1) is 0 Å². The van der Waals surface area contributed by atoms with Crippen molar-refractivity contribution in [2.24, 2.45) is 4.99 Å². The first kappa shape index (κ1) is 10.9. The van der Waals surface area contributed by atoms with E-state index in [-0.39, 0.29) is 6.10 Å². The van der Waals surface area contributed by atoms with Gasteiger partial charge in [0.2, 0.25) is 6.08 Å². The Hall–Kier alpha value is -1.64. The molecular weight excluding hydrogens is 206 g/mol. The van der Waals surface area contributed by atoms with E-state index in [9.17, 15) is 4.79 Å². The van der Waals surface area contributed by atoms with Crippen LogP contribution in [0.4, 0.5) is 5.69 Å². The maximum absolute atomic E-state index is 10.0. The van der Waals surface area contributed by atoms with Gasteiger partial charge in [0.1, 0.15) is 11.9 Å². The molecule has 1 heterocycles. The normalized spacial score (nSPS) is 19.9. The first-order chi connectivity index (χ1) is 7.88. The summed E-state index contributed by atoms with van der Waals surface area (Å²) in [6.45, 7) is 1.47. The molecular formula is C12H13NO3. The van der Waals surface area contributed by atoms with Crippen molar-refractivity contribution < 1.29 is 14.3 Å². The molecule has 0 aromatic heterocycles. The van der Waals surface area contributed by atoms with Crippen LogP contribution < -0.4 is 4.74 Å². The van der Waals surface area contributed by atoms with E-state index in [1.807, 2.05) is 0 Å². The van der Waals surface area contributed by atoms with Crippen LogP contribution in [0, 0.1) is 0 Å². The highest BCUT2D eigenvalue weighted by Gasteiger charge is 2.14. The third-order valence-electron chi connectivity index (χ3n) is 2.43. The topological polar surface area (TPSA) is 47.9 Å². The summed E-state index contributed by atoms with van der Waals surface area (Å²) in [5.74, 6) is 0.778. The molecule has 2 rings (SSSR count). The molecule has 1 unspecified atom stereocenters. The highest BCUT2D eigenvalue weighted by atomic mass is 16.5. The van der Waals surface area contributed by atoms with E-state index >= 15 is 0 Å². The van der Waals surface area contributed by atoms with Crippen molar-refractivity contribution in [3.05, 3.63) is 24.3 Å². The Bertz CT molecular complexity index is 376. The highest BCUT2D eigenvalue weighted by molar-refractivity contribution is 5.50. The van der Waals surface area contributed by atoms with Gasteiger partial charge in [-0.05, 0) is 37.1 Å². The summed E-state index contributed by atoms with van der Waals surface area (Å²) >= 11 is 0. The predicted molar refractivity (Wildman–Crippen MR) is 58.7 cm³/mol. The number of rotatable bonds is 3. The third-order valence-corrected chi connectivity index (χ3v) is 2.43. The predicted octanol–water partition coefficient (Wildman–Crippen LogP) is 2.21. The minimum atomic E-state index is 0.133. The fraction of sp³-hybridized carbons (Fsp3) is 0.417. The summed E-state index contributed by atoms with van der Waals surface area (Å²) in [5, 5.41) is 0. The molecule has 0 saturated carbocycles. The van der Waals surface area contributed by atoms with Gasteiger partial charge in [-0.2, -0.15) is 4.99 Å². The van der Waals surface area contributed by atoms with Gasteiger partial charge >= 0.3 is 0 Å². The number of hydrogen-bond acceptors (Lipinski definition) is 4. The second-order valence-electron chi connectivity index (χ2n) is 3.65. The molecule has 0 amide bonds. The quantitative estimate of drug-likeness (QED) is 0.578. The van der Waals surface area contributed by atoms with Gasteiger partial charge in [0.05, 0.1) is 12.3 Å². The van der Waals surface area contributed by atoms with Crippen LogP contribution in [-0.4, -0.2) is 25.4 Å². The smallest absolute Gasteiger partial charge is 0.240 e. The summed E-state index contributed by atoms with van der Waals surface area (Å²) in [7, 11) is 0. The third kappa shape index (κ3) is 2.92. The van der Waals surface area contributed by atoms with E-state index in [1.54, 1.807) is 24.3 Å². The first-order valence-electron chi connectivity index (χ1n) is 5.31. The van der Waals surface area contributed by atoms with Crippen LogP contribution in [0.25, 0.3) is 0 Å². The summed E-state index contributed by atoms with van der Waals surface area (Å²) in [5.41, 5.74) is 0.585. The Balaban J connectivity index is 1.96. The molecule has 4 heteroatoms. The van der Waals surface area contributed by atoms with E-state index in [1.165, 1.54) is 6.08 Å². The number of hydrogen-bond donors (Lipinski definition) is 0. The van der Waals surface area contributed by atoms with Crippen molar-refractivity contribution >= 4 is 11.8 Å². The van der Waals surface area contributed by atoms with Crippen molar-refractivity contribution in [3.63, 3.8) is 0 Å². The number of aliphatic imine (C=N–C) groups is 1. The van der Waals surface area contributed by atoms with E-state index in [0.717, 1.165) is 25.2 Å². The number of isocyanates is 1. The zero-order valence-electron chi connectivity index (χ0n) is 8.89. The summed E-state index contributed by atoms with van der Waals surface area (Å²) in [6, 6.07) is 7.05. The minimum Gasteiger partial charge on any atom is -0.488 e. The van der Waals surface area contributed by atoms with Gasteiger partial charge in [0.15, 0.2) is 0 Å². The molecule has 1 saturated heterocycles. The molecule has 0 radical (unpaired) electrons. The van der Waals surface area contributed by atoms with E-state index in [0.29, 0.717) is 12.3 Å². The Morgan fingerprint density at radius 3 is 2.81 bits per heavy atom. The van der Waals surface area contributed by atoms with E-state index in [2.05, 4.69) is 4.99 Å². The van der Waals surface area contributed by atoms with Gasteiger partial charge < -0.3 is 9.47 Å². The van der Waals surface area contributed by atoms with Gasteiger partial charge in [-0.1, -0.05) is 0 Å². The second-order valence-corrected chi connectivity index (χ2v) is 3.65. The van der Waals surface area contributed by atoms with Gasteiger partial charge in [-0.3, -0.25) is 0 Å². The molecule has 0 bridgehead atoms. The van der Waals surface area contributed by atoms with Crippen LogP contribution in [0.3, 0.4) is 0 Å². The van der Waals surface area contributed by atoms with E-state index < -0.39 is 0 Å². The molecule has 1 fully saturated rings. The summed E-state index contributed by atoms with van der Waals surface area (Å²) in [4.78, 5) is 13.5. The lowest BCUT2D eigenvalue weighted by atomic mass is 10.2. The van der Waals surface area contributed by atoms with Crippen molar-refractivity contribution in [1.29, 1.82) is 0 Å². The standard InChI is InChI=1S/C12H13NO3/c14-9-13-10-3-5-11(6-4-10)16-12-2-1-7-15-8-12/h3-6,12H,1-2,7-8H2. The number of ether oxygens (including phenoxy) is 2. The van der Waals surface area contributed by atoms with Crippen LogP contribution in [0.2, 0.25) is 0 Å². The molecule has 1 atom stereocenters. The van der Waals surface area contributed by atoms with Crippen molar-refractivity contribution in [1.82, 2.24) is 0 Å². The van der Waals surface area contributed by atoms with Crippen molar-refractivity contribution in [3.8, 4) is 5.75 Å². The van der Waals surface area contributed by atoms with Crippen LogP contribution in [0.15, 0.2) is 29.3 Å². The molecule has 16 heavy (non-hydrogen) atoms. The minimum absolute atomic E-state index is 0.133. The Morgan fingerprint density at radius 2 is 2.19 bits per heavy atom. The molecule has 4 nitrogen and oxygen atoms in total. The lowest BCUT2D eigenvalue weighted by Crippen LogP contribution is -2.27. The SMILES string of the molecule is O=C=Nc1ccc(OC2CCCOC2)cc1. The van der Waals surface area contributed by atoms with Gasteiger partial charge in [-0.25, -0.2) is 4.79 Å². The molecule has 1 aromatic carbocycles. The summed E-state index contributed by atoms with van der Waals surface area (Å²) in [6.07, 6.45) is 3.69. The molecule has 1 aliphatic heterocycles. The molecule has 84 valence electrons. The molecule has 0 spiro atoms. The van der Waals surface area contributed by atoms with Gasteiger partial charge in [0.25, 0.3) is 0 Å². The largest absolute Gasteiger partial charge is 0.488 e. The summed E-state index contributed by atoms with van der Waals surface area (Å²) < 4.78 is 11.0. The molecule has 1 aromatic rings. The fourth-order valence-corrected chi connectivity index (χ4v) is 1.65. The number of carbonyl (C=O) groups excluding carboxylic acids is 1. The molecule has 0 aliphatic carbocycles. The molecule has 1 aliphatic rings. The number of benzene rings is 1. The van der Waals surface area contributed by atoms with Crippen molar-refractivity contribution in [2.45, 2.75) is 18.9 Å². The average molecular weight is 219 g/mol. The Labute approximate surface area is 93.9 Å². The Morgan fingerprint density at radius 1 is 1.38 bits per heavy atom. The lowest BCUT2D eigenvalue weighted by Gasteiger charge is -2.23. The molecule has 0 N–H and O–H groups in total. The lowest BCUT2D eigenvalue weighted by molar-refractivity contribution is 0.00744. The monoisotopic (exact) mass is 219 g/mol. The van der Waals surface area contributed by atoms with Crippen LogP contribution in [0.1, 0.15) is 12.8 Å². The first-order valence-corrected chi connectivity index (χ1v) is 5.31. The van der Waals surface area contributed by atoms with Crippen molar-refractivity contribution in [2.75, 3.05) is 13.2 Å². The maximum Gasteiger partial charge on any atom is 0.240 e. The number of nitrogens with zero attached hydrogens (tertiary/aromatic N) is 1.